The quantitative estimate of drug-likeness (QED) is 0.432. The van der Waals surface area contributed by atoms with Crippen LogP contribution in [0.25, 0.3) is 0 Å². The second-order valence-corrected chi connectivity index (χ2v) is 7.79. The summed E-state index contributed by atoms with van der Waals surface area (Å²) in [4.78, 5) is 48.4. The van der Waals surface area contributed by atoms with E-state index in [2.05, 4.69) is 13.2 Å². The standard InChI is InChI=1S/C21H30O7/c1-12(2)17(22)10-21(27,14(5)18(23)13(3)4)11-28-20(26)16-9-7-6-8-15(16)19(24)25/h14-16,27H,1,3,6-11H2,2,4-5H3,(H,24,25). The molecule has 1 aliphatic carbocycles. The molecule has 0 radical (unpaired) electrons. The van der Waals surface area contributed by atoms with Gasteiger partial charge in [0.2, 0.25) is 0 Å². The second kappa shape index (κ2) is 9.78. The van der Waals surface area contributed by atoms with Crippen LogP contribution in [0.4, 0.5) is 0 Å². The van der Waals surface area contributed by atoms with Gasteiger partial charge in [0.05, 0.1) is 17.8 Å². The van der Waals surface area contributed by atoms with E-state index in [0.29, 0.717) is 19.3 Å². The van der Waals surface area contributed by atoms with Crippen LogP contribution in [0.5, 0.6) is 0 Å². The monoisotopic (exact) mass is 394 g/mol. The Bertz CT molecular complexity index is 678. The van der Waals surface area contributed by atoms with Gasteiger partial charge in [-0.2, -0.15) is 0 Å². The summed E-state index contributed by atoms with van der Waals surface area (Å²) in [6.07, 6.45) is 1.77. The van der Waals surface area contributed by atoms with Crippen molar-refractivity contribution in [2.75, 3.05) is 6.61 Å². The van der Waals surface area contributed by atoms with Crippen LogP contribution < -0.4 is 0 Å². The molecule has 0 bridgehead atoms. The average molecular weight is 394 g/mol. The van der Waals surface area contributed by atoms with Crippen molar-refractivity contribution in [3.05, 3.63) is 24.3 Å². The third kappa shape index (κ3) is 5.86. The predicted molar refractivity (Wildman–Crippen MR) is 102 cm³/mol. The van der Waals surface area contributed by atoms with Gasteiger partial charge in [-0.3, -0.25) is 19.2 Å². The SMILES string of the molecule is C=C(C)C(=O)CC(O)(COC(=O)C1CCCCC1C(=O)O)C(C)C(=O)C(=C)C. The van der Waals surface area contributed by atoms with Crippen LogP contribution >= 0.6 is 0 Å². The first-order chi connectivity index (χ1) is 12.9. The Kier molecular flexibility index (Phi) is 8.29. The Morgan fingerprint density at radius 2 is 1.61 bits per heavy atom. The molecule has 0 aromatic carbocycles. The van der Waals surface area contributed by atoms with Crippen molar-refractivity contribution >= 4 is 23.5 Å². The molecule has 1 rings (SSSR count). The van der Waals surface area contributed by atoms with Gasteiger partial charge in [-0.1, -0.05) is 32.9 Å². The fourth-order valence-corrected chi connectivity index (χ4v) is 3.38. The maximum Gasteiger partial charge on any atom is 0.309 e. The van der Waals surface area contributed by atoms with E-state index in [1.165, 1.54) is 20.8 Å². The van der Waals surface area contributed by atoms with Crippen molar-refractivity contribution in [1.82, 2.24) is 0 Å². The van der Waals surface area contributed by atoms with Crippen molar-refractivity contribution in [3.63, 3.8) is 0 Å². The van der Waals surface area contributed by atoms with Crippen molar-refractivity contribution < 1.29 is 34.1 Å². The Hall–Kier alpha value is -2.28. The highest BCUT2D eigenvalue weighted by atomic mass is 16.5. The van der Waals surface area contributed by atoms with E-state index in [4.69, 9.17) is 4.74 Å². The van der Waals surface area contributed by atoms with Gasteiger partial charge in [-0.25, -0.2) is 0 Å². The molecule has 1 aliphatic rings. The van der Waals surface area contributed by atoms with E-state index in [-0.39, 0.29) is 11.1 Å². The van der Waals surface area contributed by atoms with E-state index in [0.717, 1.165) is 6.42 Å². The minimum atomic E-state index is -1.94. The summed E-state index contributed by atoms with van der Waals surface area (Å²) in [6.45, 7) is 10.9. The second-order valence-electron chi connectivity index (χ2n) is 7.79. The number of carbonyl (C=O) groups excluding carboxylic acids is 3. The number of rotatable bonds is 10. The summed E-state index contributed by atoms with van der Waals surface area (Å²) >= 11 is 0. The van der Waals surface area contributed by atoms with Crippen LogP contribution in [0.2, 0.25) is 0 Å². The lowest BCUT2D eigenvalue weighted by atomic mass is 9.78. The summed E-state index contributed by atoms with van der Waals surface area (Å²) < 4.78 is 5.24. The molecule has 7 heteroatoms. The smallest absolute Gasteiger partial charge is 0.309 e. The number of esters is 1. The molecule has 0 aromatic rings. The summed E-state index contributed by atoms with van der Waals surface area (Å²) in [7, 11) is 0. The van der Waals surface area contributed by atoms with Crippen LogP contribution in [-0.4, -0.2) is 45.9 Å². The Morgan fingerprint density at radius 1 is 1.07 bits per heavy atom. The van der Waals surface area contributed by atoms with Gasteiger partial charge in [-0.05, 0) is 37.8 Å². The highest BCUT2D eigenvalue weighted by molar-refractivity contribution is 5.99. The molecule has 4 unspecified atom stereocenters. The number of ether oxygens (including phenoxy) is 1. The predicted octanol–water partition coefficient (Wildman–Crippen LogP) is 2.47. The lowest BCUT2D eigenvalue weighted by molar-refractivity contribution is -0.169. The molecular weight excluding hydrogens is 364 g/mol. The minimum absolute atomic E-state index is 0.206. The molecule has 0 aromatic heterocycles. The molecule has 7 nitrogen and oxygen atoms in total. The molecule has 0 amide bonds. The molecule has 156 valence electrons. The van der Waals surface area contributed by atoms with Crippen molar-refractivity contribution in [2.24, 2.45) is 17.8 Å². The summed E-state index contributed by atoms with van der Waals surface area (Å²) in [5.41, 5.74) is -1.52. The van der Waals surface area contributed by atoms with Crippen LogP contribution in [0.15, 0.2) is 24.3 Å². The maximum atomic E-state index is 12.5. The van der Waals surface area contributed by atoms with E-state index < -0.39 is 59.9 Å². The van der Waals surface area contributed by atoms with Gasteiger partial charge in [-0.15, -0.1) is 0 Å². The van der Waals surface area contributed by atoms with Crippen molar-refractivity contribution in [3.8, 4) is 0 Å². The highest BCUT2D eigenvalue weighted by Crippen LogP contribution is 2.32. The van der Waals surface area contributed by atoms with Gasteiger partial charge in [0, 0.05) is 6.42 Å². The Labute approximate surface area is 165 Å². The van der Waals surface area contributed by atoms with Crippen LogP contribution in [0.3, 0.4) is 0 Å². The zero-order valence-corrected chi connectivity index (χ0v) is 16.8. The zero-order valence-electron chi connectivity index (χ0n) is 16.8. The number of ketones is 2. The van der Waals surface area contributed by atoms with Crippen LogP contribution in [0.1, 0.15) is 52.9 Å². The summed E-state index contributed by atoms with van der Waals surface area (Å²) in [5.74, 6) is -5.37. The molecule has 0 saturated heterocycles. The molecule has 1 fully saturated rings. The van der Waals surface area contributed by atoms with Gasteiger partial charge >= 0.3 is 11.9 Å². The average Bonchev–Trinajstić information content (AvgIpc) is 2.64. The largest absolute Gasteiger partial charge is 0.481 e. The lowest BCUT2D eigenvalue weighted by Gasteiger charge is -2.34. The first-order valence-electron chi connectivity index (χ1n) is 9.41. The van der Waals surface area contributed by atoms with Gasteiger partial charge < -0.3 is 14.9 Å². The zero-order chi connectivity index (χ0) is 21.6. The third-order valence-corrected chi connectivity index (χ3v) is 5.41. The Morgan fingerprint density at radius 3 is 2.07 bits per heavy atom. The molecule has 1 saturated carbocycles. The van der Waals surface area contributed by atoms with Gasteiger partial charge in [0.15, 0.2) is 11.6 Å². The molecule has 4 atom stereocenters. The third-order valence-electron chi connectivity index (χ3n) is 5.41. The summed E-state index contributed by atoms with van der Waals surface area (Å²) in [5, 5.41) is 20.3. The first kappa shape index (κ1) is 23.8. The number of carboxylic acid groups (broad SMARTS) is 1. The van der Waals surface area contributed by atoms with Crippen molar-refractivity contribution in [1.29, 1.82) is 0 Å². The maximum absolute atomic E-state index is 12.5. The number of hydrogen-bond donors (Lipinski definition) is 2. The number of allylic oxidation sites excluding steroid dienone is 2. The van der Waals surface area contributed by atoms with E-state index in [1.807, 2.05) is 0 Å². The number of carboxylic acids is 1. The normalized spacial score (nSPS) is 22.4. The highest BCUT2D eigenvalue weighted by Gasteiger charge is 2.43. The van der Waals surface area contributed by atoms with Crippen LogP contribution in [0, 0.1) is 17.8 Å². The fraction of sp³-hybridized carbons (Fsp3) is 0.619. The topological polar surface area (TPSA) is 118 Å². The molecule has 0 spiro atoms. The lowest BCUT2D eigenvalue weighted by Crippen LogP contribution is -2.48. The Balaban J connectivity index is 2.99. The molecule has 28 heavy (non-hydrogen) atoms. The van der Waals surface area contributed by atoms with Crippen LogP contribution in [-0.2, 0) is 23.9 Å². The van der Waals surface area contributed by atoms with Gasteiger partial charge in [0.1, 0.15) is 12.2 Å². The van der Waals surface area contributed by atoms with E-state index in [1.54, 1.807) is 0 Å². The molecule has 2 N–H and O–H groups in total. The fourth-order valence-electron chi connectivity index (χ4n) is 3.38. The number of aliphatic hydroxyl groups is 1. The van der Waals surface area contributed by atoms with E-state index >= 15 is 0 Å². The minimum Gasteiger partial charge on any atom is -0.481 e. The number of hydrogen-bond acceptors (Lipinski definition) is 6. The summed E-state index contributed by atoms with van der Waals surface area (Å²) in [6, 6.07) is 0. The van der Waals surface area contributed by atoms with E-state index in [9.17, 15) is 29.4 Å². The molecule has 0 aliphatic heterocycles. The first-order valence-corrected chi connectivity index (χ1v) is 9.41. The number of aliphatic carboxylic acids is 1. The van der Waals surface area contributed by atoms with Gasteiger partial charge in [0.25, 0.3) is 0 Å². The number of Topliss-reactive ketones (excluding diaryl/α,β-unsaturated/α-hetero) is 2. The molecular formula is C21H30O7. The van der Waals surface area contributed by atoms with Crippen molar-refractivity contribution in [2.45, 2.75) is 58.5 Å². The number of carbonyl (C=O) groups is 4. The molecule has 0 heterocycles.